The number of carbonyl (C=O) groups is 1. The Kier molecular flexibility index (Phi) is 8.95. The smallest absolute Gasteiger partial charge is 0.323 e. The van der Waals surface area contributed by atoms with Gasteiger partial charge < -0.3 is 9.47 Å². The second-order valence-electron chi connectivity index (χ2n) is 11.0. The monoisotopic (exact) mass is 564 g/mol. The highest BCUT2D eigenvalue weighted by Gasteiger charge is 2.21. The number of H-pyrrole nitrogens is 1. The summed E-state index contributed by atoms with van der Waals surface area (Å²) in [5, 5.41) is 14.5. The van der Waals surface area contributed by atoms with Crippen LogP contribution in [0.4, 0.5) is 10.5 Å². The third-order valence-electron chi connectivity index (χ3n) is 7.63. The molecule has 42 heavy (non-hydrogen) atoms. The van der Waals surface area contributed by atoms with Crippen molar-refractivity contribution in [3.8, 4) is 22.5 Å². The molecule has 0 bridgehead atoms. The minimum Gasteiger partial charge on any atom is -0.330 e. The van der Waals surface area contributed by atoms with Crippen LogP contribution in [0.2, 0.25) is 0 Å². The molecule has 0 saturated carbocycles. The van der Waals surface area contributed by atoms with Gasteiger partial charge >= 0.3 is 6.03 Å². The molecule has 218 valence electrons. The van der Waals surface area contributed by atoms with E-state index in [2.05, 4.69) is 88.4 Å². The lowest BCUT2D eigenvalue weighted by atomic mass is 9.98. The number of benzene rings is 3. The zero-order valence-corrected chi connectivity index (χ0v) is 25.3. The average molecular weight is 565 g/mol. The first-order valence-corrected chi connectivity index (χ1v) is 14.8. The van der Waals surface area contributed by atoms with Crippen molar-refractivity contribution in [2.45, 2.75) is 59.4 Å². The van der Waals surface area contributed by atoms with Crippen LogP contribution in [0.3, 0.4) is 0 Å². The summed E-state index contributed by atoms with van der Waals surface area (Å²) in [4.78, 5) is 21.9. The second kappa shape index (κ2) is 13.0. The molecule has 0 fully saturated rings. The van der Waals surface area contributed by atoms with Gasteiger partial charge in [-0.25, -0.2) is 14.9 Å². The lowest BCUT2D eigenvalue weighted by molar-refractivity contribution is 0.223. The number of tetrazole rings is 1. The van der Waals surface area contributed by atoms with Crippen LogP contribution in [-0.2, 0) is 13.0 Å². The van der Waals surface area contributed by atoms with E-state index in [0.29, 0.717) is 18.9 Å². The molecule has 0 saturated heterocycles. The van der Waals surface area contributed by atoms with Crippen molar-refractivity contribution in [1.82, 2.24) is 35.1 Å². The fraction of sp³-hybridized carbons (Fsp3) is 0.364. The van der Waals surface area contributed by atoms with Crippen molar-refractivity contribution < 1.29 is 4.79 Å². The van der Waals surface area contributed by atoms with Crippen molar-refractivity contribution in [3.05, 3.63) is 77.6 Å². The highest BCUT2D eigenvalue weighted by Crippen LogP contribution is 2.31. The minimum atomic E-state index is 0.00156. The van der Waals surface area contributed by atoms with E-state index in [1.54, 1.807) is 4.90 Å². The van der Waals surface area contributed by atoms with Gasteiger partial charge in [0.15, 0.2) is 5.82 Å². The Bertz CT molecular complexity index is 1640. The molecule has 0 radical (unpaired) electrons. The predicted molar refractivity (Wildman–Crippen MR) is 169 cm³/mol. The highest BCUT2D eigenvalue weighted by atomic mass is 16.2. The van der Waals surface area contributed by atoms with E-state index in [1.807, 2.05) is 37.2 Å². The standard InChI is InChI=1S/C33H40N8O/c1-6-8-11-19-40(33(42)39(4)5)26-20-23(3)31-29(21-26)41(30(34-31)12-7-2)22-24-15-17-25(18-16-24)27-13-9-10-14-28(27)32-35-37-38-36-32/h9-10,13-18,20-21H,6-8,11-12,19,22H2,1-5H3,(H,35,36,37,38). The van der Waals surface area contributed by atoms with Crippen LogP contribution in [0.15, 0.2) is 60.7 Å². The molecular weight excluding hydrogens is 524 g/mol. The topological polar surface area (TPSA) is 95.8 Å². The normalized spacial score (nSPS) is 11.3. The van der Waals surface area contributed by atoms with Gasteiger partial charge in [0.2, 0.25) is 0 Å². The van der Waals surface area contributed by atoms with Gasteiger partial charge in [-0.05, 0) is 64.6 Å². The maximum atomic E-state index is 13.2. The molecule has 0 atom stereocenters. The summed E-state index contributed by atoms with van der Waals surface area (Å²) in [6, 6.07) is 21.0. The first-order valence-electron chi connectivity index (χ1n) is 14.8. The van der Waals surface area contributed by atoms with E-state index in [4.69, 9.17) is 4.98 Å². The Balaban J connectivity index is 1.51. The van der Waals surface area contributed by atoms with Crippen molar-refractivity contribution in [2.75, 3.05) is 25.5 Å². The Morgan fingerprint density at radius 3 is 2.38 bits per heavy atom. The van der Waals surface area contributed by atoms with Crippen molar-refractivity contribution >= 4 is 22.8 Å². The highest BCUT2D eigenvalue weighted by molar-refractivity contribution is 5.95. The van der Waals surface area contributed by atoms with E-state index in [1.165, 1.54) is 5.56 Å². The van der Waals surface area contributed by atoms with Gasteiger partial charge in [-0.2, -0.15) is 0 Å². The molecule has 9 nitrogen and oxygen atoms in total. The Morgan fingerprint density at radius 1 is 0.952 bits per heavy atom. The number of amides is 2. The quantitative estimate of drug-likeness (QED) is 0.177. The first kappa shape index (κ1) is 29.0. The summed E-state index contributed by atoms with van der Waals surface area (Å²) in [5.41, 5.74) is 8.37. The lowest BCUT2D eigenvalue weighted by Gasteiger charge is -2.27. The Hall–Kier alpha value is -4.53. The molecule has 0 unspecified atom stereocenters. The molecule has 3 aromatic carbocycles. The fourth-order valence-corrected chi connectivity index (χ4v) is 5.45. The van der Waals surface area contributed by atoms with Gasteiger partial charge in [0.05, 0.1) is 11.0 Å². The largest absolute Gasteiger partial charge is 0.330 e. The van der Waals surface area contributed by atoms with E-state index < -0.39 is 0 Å². The molecule has 1 N–H and O–H groups in total. The van der Waals surface area contributed by atoms with Crippen LogP contribution in [0.25, 0.3) is 33.5 Å². The number of hydrogen-bond donors (Lipinski definition) is 1. The van der Waals surface area contributed by atoms with Crippen molar-refractivity contribution in [1.29, 1.82) is 0 Å². The molecule has 0 aliphatic carbocycles. The van der Waals surface area contributed by atoms with Gasteiger partial charge in [0.1, 0.15) is 5.82 Å². The van der Waals surface area contributed by atoms with Crippen LogP contribution >= 0.6 is 0 Å². The molecule has 5 rings (SSSR count). The number of carbonyl (C=O) groups excluding carboxylic acids is 1. The van der Waals surface area contributed by atoms with Gasteiger partial charge in [-0.15, -0.1) is 5.10 Å². The second-order valence-corrected chi connectivity index (χ2v) is 11.0. The van der Waals surface area contributed by atoms with Gasteiger partial charge in [0, 0.05) is 44.9 Å². The zero-order valence-electron chi connectivity index (χ0n) is 25.3. The summed E-state index contributed by atoms with van der Waals surface area (Å²) in [6.45, 7) is 7.85. The molecule has 2 heterocycles. The number of hydrogen-bond acceptors (Lipinski definition) is 5. The summed E-state index contributed by atoms with van der Waals surface area (Å²) < 4.78 is 2.32. The van der Waals surface area contributed by atoms with E-state index >= 15 is 0 Å². The number of aromatic nitrogens is 6. The zero-order chi connectivity index (χ0) is 29.6. The Labute approximate surface area is 247 Å². The van der Waals surface area contributed by atoms with Crippen LogP contribution in [0, 0.1) is 6.92 Å². The van der Waals surface area contributed by atoms with Crippen LogP contribution < -0.4 is 4.90 Å². The van der Waals surface area contributed by atoms with Gasteiger partial charge in [-0.3, -0.25) is 4.90 Å². The SMILES string of the molecule is CCCCCN(C(=O)N(C)C)c1cc(C)c2nc(CCC)n(Cc3ccc(-c4ccccc4-c4nnn[nH]4)cc3)c2c1. The average Bonchev–Trinajstić information content (AvgIpc) is 3.65. The molecular formula is C33H40N8O. The van der Waals surface area contributed by atoms with E-state index in [9.17, 15) is 4.79 Å². The number of fused-ring (bicyclic) bond motifs is 1. The minimum absolute atomic E-state index is 0.00156. The molecule has 0 spiro atoms. The lowest BCUT2D eigenvalue weighted by Crippen LogP contribution is -2.40. The van der Waals surface area contributed by atoms with Crippen LogP contribution in [0.1, 0.15) is 56.5 Å². The Morgan fingerprint density at radius 2 is 1.71 bits per heavy atom. The number of anilines is 1. The third-order valence-corrected chi connectivity index (χ3v) is 7.63. The van der Waals surface area contributed by atoms with Crippen LogP contribution in [-0.4, -0.2) is 61.7 Å². The number of rotatable bonds is 11. The summed E-state index contributed by atoms with van der Waals surface area (Å²) in [6.07, 6.45) is 5.06. The number of unbranched alkanes of at least 4 members (excludes halogenated alkanes) is 2. The molecule has 0 aliphatic heterocycles. The number of aryl methyl sites for hydroxylation is 2. The maximum absolute atomic E-state index is 13.2. The molecule has 2 aromatic heterocycles. The summed E-state index contributed by atoms with van der Waals surface area (Å²) >= 11 is 0. The fourth-order valence-electron chi connectivity index (χ4n) is 5.45. The number of nitrogens with zero attached hydrogens (tertiary/aromatic N) is 7. The molecule has 5 aromatic rings. The molecule has 0 aliphatic rings. The van der Waals surface area contributed by atoms with E-state index in [0.717, 1.165) is 76.9 Å². The van der Waals surface area contributed by atoms with E-state index in [-0.39, 0.29) is 6.03 Å². The van der Waals surface area contributed by atoms with Gasteiger partial charge in [-0.1, -0.05) is 75.2 Å². The van der Waals surface area contributed by atoms with Crippen LogP contribution in [0.5, 0.6) is 0 Å². The predicted octanol–water partition coefficient (Wildman–Crippen LogP) is 6.87. The number of imidazole rings is 1. The first-order chi connectivity index (χ1) is 20.4. The summed E-state index contributed by atoms with van der Waals surface area (Å²) in [7, 11) is 3.63. The number of aromatic amines is 1. The number of nitrogens with one attached hydrogen (secondary N) is 1. The molecule has 9 heteroatoms. The maximum Gasteiger partial charge on any atom is 0.323 e. The van der Waals surface area contributed by atoms with Crippen molar-refractivity contribution in [2.24, 2.45) is 0 Å². The third kappa shape index (κ3) is 6.05. The van der Waals surface area contributed by atoms with Gasteiger partial charge in [0.25, 0.3) is 0 Å². The van der Waals surface area contributed by atoms with Crippen molar-refractivity contribution in [3.63, 3.8) is 0 Å². The number of urea groups is 1. The molecule has 2 amide bonds. The summed E-state index contributed by atoms with van der Waals surface area (Å²) in [5.74, 6) is 1.71.